The fourth-order valence-corrected chi connectivity index (χ4v) is 3.91. The Balaban J connectivity index is 2.05. The molecule has 1 aliphatic heterocycles. The molecule has 0 atom stereocenters. The lowest BCUT2D eigenvalue weighted by Gasteiger charge is -2.29. The molecule has 0 unspecified atom stereocenters. The average Bonchev–Trinajstić information content (AvgIpc) is 2.54. The van der Waals surface area contributed by atoms with Crippen molar-refractivity contribution < 1.29 is 9.59 Å². The smallest absolute Gasteiger partial charge is 0.266 e. The summed E-state index contributed by atoms with van der Waals surface area (Å²) in [6.07, 6.45) is 0. The van der Waals surface area contributed by atoms with Crippen LogP contribution >= 0.6 is 15.9 Å². The van der Waals surface area contributed by atoms with E-state index in [-0.39, 0.29) is 11.8 Å². The molecule has 3 nitrogen and oxygen atoms in total. The summed E-state index contributed by atoms with van der Waals surface area (Å²) in [5.74, 6) is -0.541. The lowest BCUT2D eigenvalue weighted by Crippen LogP contribution is -2.41. The van der Waals surface area contributed by atoms with Gasteiger partial charge >= 0.3 is 0 Å². The number of anilines is 1. The molecule has 3 aromatic carbocycles. The maximum atomic E-state index is 13.2. The first kappa shape index (κ1) is 15.1. The molecule has 1 aliphatic rings. The number of benzene rings is 3. The van der Waals surface area contributed by atoms with Gasteiger partial charge in [0.25, 0.3) is 11.8 Å². The molecular formula is C20H14BrNO2. The summed E-state index contributed by atoms with van der Waals surface area (Å²) in [5.41, 5.74) is 3.61. The van der Waals surface area contributed by atoms with Crippen molar-refractivity contribution in [2.24, 2.45) is 0 Å². The quantitative estimate of drug-likeness (QED) is 0.556. The molecule has 0 fully saturated rings. The van der Waals surface area contributed by atoms with Gasteiger partial charge in [0.15, 0.2) is 0 Å². The number of para-hydroxylation sites is 1. The molecule has 0 aromatic heterocycles. The van der Waals surface area contributed by atoms with E-state index in [4.69, 9.17) is 0 Å². The summed E-state index contributed by atoms with van der Waals surface area (Å²) in [6.45, 7) is 3.83. The summed E-state index contributed by atoms with van der Waals surface area (Å²) in [6, 6.07) is 15.0. The fraction of sp³-hybridized carbons (Fsp3) is 0.100. The Morgan fingerprint density at radius 3 is 2.17 bits per heavy atom. The third-order valence-corrected chi connectivity index (χ3v) is 4.93. The first-order valence-corrected chi connectivity index (χ1v) is 8.45. The number of nitrogens with zero attached hydrogens (tertiary/aromatic N) is 1. The van der Waals surface area contributed by atoms with E-state index in [1.165, 1.54) is 4.90 Å². The molecule has 0 aliphatic carbocycles. The number of hydrogen-bond donors (Lipinski definition) is 0. The zero-order valence-corrected chi connectivity index (χ0v) is 14.8. The molecule has 0 N–H and O–H groups in total. The van der Waals surface area contributed by atoms with Crippen LogP contribution in [0.15, 0.2) is 53.0 Å². The number of carbonyl (C=O) groups is 2. The van der Waals surface area contributed by atoms with Gasteiger partial charge in [-0.25, -0.2) is 4.90 Å². The Bertz CT molecular complexity index is 1020. The predicted molar refractivity (Wildman–Crippen MR) is 98.7 cm³/mol. The second-order valence-corrected chi connectivity index (χ2v) is 6.96. The number of carbonyl (C=O) groups excluding carboxylic acids is 2. The molecule has 2 amide bonds. The highest BCUT2D eigenvalue weighted by Gasteiger charge is 2.35. The normalized spacial score (nSPS) is 13.7. The van der Waals surface area contributed by atoms with E-state index in [2.05, 4.69) is 15.9 Å². The van der Waals surface area contributed by atoms with E-state index in [1.54, 1.807) is 12.1 Å². The van der Waals surface area contributed by atoms with Crippen LogP contribution in [-0.2, 0) is 0 Å². The van der Waals surface area contributed by atoms with Crippen LogP contribution in [0.4, 0.5) is 5.69 Å². The highest BCUT2D eigenvalue weighted by molar-refractivity contribution is 9.10. The van der Waals surface area contributed by atoms with Gasteiger partial charge in [-0.15, -0.1) is 0 Å². The van der Waals surface area contributed by atoms with Crippen molar-refractivity contribution in [1.29, 1.82) is 0 Å². The average molecular weight is 380 g/mol. The third-order valence-electron chi connectivity index (χ3n) is 4.47. The van der Waals surface area contributed by atoms with Crippen LogP contribution < -0.4 is 4.90 Å². The Hall–Kier alpha value is -2.46. The summed E-state index contributed by atoms with van der Waals surface area (Å²) >= 11 is 3.46. The predicted octanol–water partition coefficient (Wildman–Crippen LogP) is 5.02. The number of halogens is 1. The van der Waals surface area contributed by atoms with Crippen LogP contribution in [0.3, 0.4) is 0 Å². The molecule has 24 heavy (non-hydrogen) atoms. The summed E-state index contributed by atoms with van der Waals surface area (Å²) in [4.78, 5) is 27.6. The van der Waals surface area contributed by atoms with Crippen LogP contribution in [0.1, 0.15) is 31.8 Å². The first-order valence-electron chi connectivity index (χ1n) is 7.66. The number of rotatable bonds is 1. The molecule has 0 saturated carbocycles. The first-order chi connectivity index (χ1) is 11.5. The SMILES string of the molecule is Cc1cccc(C)c1N1C(=O)c2cccc3cc(Br)cc(c23)C1=O. The van der Waals surface area contributed by atoms with E-state index in [9.17, 15) is 9.59 Å². The fourth-order valence-electron chi connectivity index (χ4n) is 3.43. The number of imide groups is 1. The molecule has 4 heteroatoms. The Morgan fingerprint density at radius 1 is 0.833 bits per heavy atom. The van der Waals surface area contributed by atoms with Gasteiger partial charge in [-0.05, 0) is 48.6 Å². The van der Waals surface area contributed by atoms with Crippen LogP contribution in [0.25, 0.3) is 10.8 Å². The van der Waals surface area contributed by atoms with Crippen LogP contribution in [0.5, 0.6) is 0 Å². The third kappa shape index (κ3) is 2.03. The highest BCUT2D eigenvalue weighted by atomic mass is 79.9. The van der Waals surface area contributed by atoms with Crippen molar-refractivity contribution in [1.82, 2.24) is 0 Å². The molecule has 118 valence electrons. The molecule has 4 rings (SSSR count). The zero-order valence-electron chi connectivity index (χ0n) is 13.3. The molecule has 1 heterocycles. The van der Waals surface area contributed by atoms with Crippen LogP contribution in [0, 0.1) is 13.8 Å². The van der Waals surface area contributed by atoms with E-state index in [0.29, 0.717) is 16.8 Å². The van der Waals surface area contributed by atoms with Crippen molar-refractivity contribution in [2.75, 3.05) is 4.90 Å². The largest absolute Gasteiger partial charge is 0.268 e. The molecule has 0 saturated heterocycles. The number of amides is 2. The second-order valence-electron chi connectivity index (χ2n) is 6.04. The topological polar surface area (TPSA) is 37.4 Å². The molecule has 0 bridgehead atoms. The summed E-state index contributed by atoms with van der Waals surface area (Å²) in [5, 5.41) is 1.62. The van der Waals surface area contributed by atoms with E-state index in [0.717, 1.165) is 26.4 Å². The van der Waals surface area contributed by atoms with Crippen molar-refractivity contribution in [3.63, 3.8) is 0 Å². The van der Waals surface area contributed by atoms with Crippen molar-refractivity contribution >= 4 is 44.2 Å². The minimum absolute atomic E-state index is 0.266. The Morgan fingerprint density at radius 2 is 1.46 bits per heavy atom. The number of aryl methyl sites for hydroxylation is 2. The van der Waals surface area contributed by atoms with Crippen LogP contribution in [0.2, 0.25) is 0 Å². The Kier molecular flexibility index (Phi) is 3.32. The van der Waals surface area contributed by atoms with Gasteiger partial charge in [0.2, 0.25) is 0 Å². The van der Waals surface area contributed by atoms with Gasteiger partial charge in [0.1, 0.15) is 0 Å². The van der Waals surface area contributed by atoms with E-state index in [1.807, 2.05) is 50.2 Å². The number of hydrogen-bond acceptors (Lipinski definition) is 2. The maximum absolute atomic E-state index is 13.2. The van der Waals surface area contributed by atoms with Crippen molar-refractivity contribution in [3.05, 3.63) is 75.3 Å². The van der Waals surface area contributed by atoms with Crippen LogP contribution in [-0.4, -0.2) is 11.8 Å². The monoisotopic (exact) mass is 379 g/mol. The molecular weight excluding hydrogens is 366 g/mol. The van der Waals surface area contributed by atoms with Crippen molar-refractivity contribution in [2.45, 2.75) is 13.8 Å². The van der Waals surface area contributed by atoms with E-state index >= 15 is 0 Å². The minimum Gasteiger partial charge on any atom is -0.268 e. The van der Waals surface area contributed by atoms with Gasteiger partial charge in [0, 0.05) is 15.4 Å². The van der Waals surface area contributed by atoms with Gasteiger partial charge in [0.05, 0.1) is 11.3 Å². The van der Waals surface area contributed by atoms with E-state index < -0.39 is 0 Å². The van der Waals surface area contributed by atoms with Crippen molar-refractivity contribution in [3.8, 4) is 0 Å². The lowest BCUT2D eigenvalue weighted by molar-refractivity contribution is 0.0893. The molecule has 0 spiro atoms. The standard InChI is InChI=1S/C20H14BrNO2/c1-11-5-3-6-12(2)18(11)22-19(23)15-8-4-7-13-9-14(21)10-16(17(13)15)20(22)24/h3-10H,1-2H3. The maximum Gasteiger partial charge on any atom is 0.266 e. The van der Waals surface area contributed by atoms with Gasteiger partial charge < -0.3 is 0 Å². The van der Waals surface area contributed by atoms with Gasteiger partial charge in [-0.1, -0.05) is 46.3 Å². The highest BCUT2D eigenvalue weighted by Crippen LogP contribution is 2.36. The lowest BCUT2D eigenvalue weighted by atomic mass is 9.93. The van der Waals surface area contributed by atoms with Gasteiger partial charge in [-0.3, -0.25) is 9.59 Å². The Labute approximate surface area is 148 Å². The minimum atomic E-state index is -0.276. The summed E-state index contributed by atoms with van der Waals surface area (Å²) < 4.78 is 0.825. The molecule has 3 aromatic rings. The second kappa shape index (κ2) is 5.28. The van der Waals surface area contributed by atoms with Gasteiger partial charge in [-0.2, -0.15) is 0 Å². The summed E-state index contributed by atoms with van der Waals surface area (Å²) in [7, 11) is 0. The molecule has 0 radical (unpaired) electrons. The zero-order chi connectivity index (χ0) is 17.0.